The lowest BCUT2D eigenvalue weighted by Crippen LogP contribution is -2.25. The Balaban J connectivity index is 2.18. The van der Waals surface area contributed by atoms with Crippen LogP contribution >= 0.6 is 15.9 Å². The van der Waals surface area contributed by atoms with E-state index in [-0.39, 0.29) is 6.17 Å². The molecular formula is C14H16BrN3. The minimum absolute atomic E-state index is 0.0445. The molecule has 1 unspecified atom stereocenters. The Bertz CT molecular complexity index is 589. The molecule has 2 N–H and O–H groups in total. The van der Waals surface area contributed by atoms with Crippen LogP contribution < -0.4 is 5.73 Å². The number of benzene rings is 1. The second-order valence-corrected chi connectivity index (χ2v) is 5.62. The number of aryl methyl sites for hydroxylation is 1. The summed E-state index contributed by atoms with van der Waals surface area (Å²) in [5, 5.41) is 0. The van der Waals surface area contributed by atoms with Gasteiger partial charge in [0.25, 0.3) is 0 Å². The molecule has 18 heavy (non-hydrogen) atoms. The third-order valence-electron chi connectivity index (χ3n) is 3.48. The molecule has 1 aliphatic rings. The number of nitrogens with two attached hydrogens (primary N) is 1. The Morgan fingerprint density at radius 3 is 3.06 bits per heavy atom. The van der Waals surface area contributed by atoms with Crippen LogP contribution in [0.2, 0.25) is 0 Å². The number of nitrogens with zero attached hydrogens (tertiary/aromatic N) is 2. The molecule has 2 aromatic rings. The van der Waals surface area contributed by atoms with Gasteiger partial charge in [0.2, 0.25) is 0 Å². The molecule has 0 saturated heterocycles. The van der Waals surface area contributed by atoms with E-state index in [0.717, 1.165) is 35.3 Å². The van der Waals surface area contributed by atoms with Gasteiger partial charge in [0.1, 0.15) is 10.4 Å². The number of rotatable bonds is 1. The molecule has 1 atom stereocenters. The largest absolute Gasteiger partial charge is 0.311 e. The maximum Gasteiger partial charge on any atom is 0.142 e. The fourth-order valence-electron chi connectivity index (χ4n) is 2.61. The summed E-state index contributed by atoms with van der Waals surface area (Å²) in [4.78, 5) is 4.65. The molecule has 1 aliphatic heterocycles. The zero-order valence-corrected chi connectivity index (χ0v) is 11.9. The first-order chi connectivity index (χ1) is 8.66. The Morgan fingerprint density at radius 1 is 1.44 bits per heavy atom. The van der Waals surface area contributed by atoms with Crippen LogP contribution in [-0.4, -0.2) is 9.55 Å². The highest BCUT2D eigenvalue weighted by atomic mass is 79.9. The summed E-state index contributed by atoms with van der Waals surface area (Å²) in [6.45, 7) is 2.10. The maximum absolute atomic E-state index is 6.24. The summed E-state index contributed by atoms with van der Waals surface area (Å²) in [6, 6.07) is 8.41. The molecule has 0 fully saturated rings. The van der Waals surface area contributed by atoms with Crippen molar-refractivity contribution in [3.05, 3.63) is 40.1 Å². The third-order valence-corrected chi connectivity index (χ3v) is 4.12. The van der Waals surface area contributed by atoms with Gasteiger partial charge in [-0.05, 0) is 48.2 Å². The van der Waals surface area contributed by atoms with Crippen molar-refractivity contribution in [3.63, 3.8) is 0 Å². The number of hydrogen-bond donors (Lipinski definition) is 1. The molecule has 3 rings (SSSR count). The molecule has 94 valence electrons. The number of halogens is 1. The Morgan fingerprint density at radius 2 is 2.28 bits per heavy atom. The molecule has 0 radical (unpaired) electrons. The Labute approximate surface area is 115 Å². The summed E-state index contributed by atoms with van der Waals surface area (Å²) in [7, 11) is 0. The minimum Gasteiger partial charge on any atom is -0.311 e. The topological polar surface area (TPSA) is 43.8 Å². The molecule has 0 aliphatic carbocycles. The van der Waals surface area contributed by atoms with Gasteiger partial charge in [-0.2, -0.15) is 0 Å². The van der Waals surface area contributed by atoms with E-state index >= 15 is 0 Å². The first-order valence-corrected chi connectivity index (χ1v) is 7.05. The van der Waals surface area contributed by atoms with Crippen molar-refractivity contribution < 1.29 is 0 Å². The molecule has 3 nitrogen and oxygen atoms in total. The van der Waals surface area contributed by atoms with Crippen LogP contribution in [0.1, 0.15) is 30.3 Å². The molecule has 0 saturated carbocycles. The van der Waals surface area contributed by atoms with Crippen molar-refractivity contribution in [2.24, 2.45) is 5.73 Å². The summed E-state index contributed by atoms with van der Waals surface area (Å²) in [6.07, 6.45) is 3.25. The van der Waals surface area contributed by atoms with Gasteiger partial charge in [-0.1, -0.05) is 23.8 Å². The maximum atomic E-state index is 6.24. The standard InChI is InChI=1S/C14H16BrN3/c1-9-4-2-5-10(8-9)14-17-13(15)11-6-3-7-12(16)18(11)14/h2,4-5,8,12H,3,6-7,16H2,1H3. The normalized spacial score (nSPS) is 18.7. The highest BCUT2D eigenvalue weighted by Crippen LogP contribution is 2.33. The van der Waals surface area contributed by atoms with E-state index in [9.17, 15) is 0 Å². The van der Waals surface area contributed by atoms with E-state index in [2.05, 4.69) is 56.7 Å². The van der Waals surface area contributed by atoms with Crippen molar-refractivity contribution >= 4 is 15.9 Å². The van der Waals surface area contributed by atoms with E-state index in [1.54, 1.807) is 0 Å². The quantitative estimate of drug-likeness (QED) is 0.877. The second kappa shape index (κ2) is 4.52. The van der Waals surface area contributed by atoms with Crippen molar-refractivity contribution in [1.29, 1.82) is 0 Å². The summed E-state index contributed by atoms with van der Waals surface area (Å²) in [5.74, 6) is 0.979. The first kappa shape index (κ1) is 11.9. The Kier molecular flexibility index (Phi) is 2.99. The van der Waals surface area contributed by atoms with E-state index in [0.29, 0.717) is 0 Å². The number of aromatic nitrogens is 2. The van der Waals surface area contributed by atoms with Gasteiger partial charge in [-0.3, -0.25) is 0 Å². The second-order valence-electron chi connectivity index (χ2n) is 4.87. The third kappa shape index (κ3) is 1.89. The van der Waals surface area contributed by atoms with Crippen LogP contribution in [0.5, 0.6) is 0 Å². The van der Waals surface area contributed by atoms with Crippen molar-refractivity contribution in [1.82, 2.24) is 9.55 Å². The molecule has 1 aromatic heterocycles. The predicted octanol–water partition coefficient (Wildman–Crippen LogP) is 3.41. The van der Waals surface area contributed by atoms with Gasteiger partial charge < -0.3 is 10.3 Å². The smallest absolute Gasteiger partial charge is 0.142 e. The predicted molar refractivity (Wildman–Crippen MR) is 76.3 cm³/mol. The average molecular weight is 306 g/mol. The first-order valence-electron chi connectivity index (χ1n) is 6.26. The van der Waals surface area contributed by atoms with Gasteiger partial charge in [-0.25, -0.2) is 4.98 Å². The van der Waals surface area contributed by atoms with E-state index in [1.165, 1.54) is 11.3 Å². The van der Waals surface area contributed by atoms with Gasteiger partial charge in [0, 0.05) is 5.56 Å². The van der Waals surface area contributed by atoms with Gasteiger partial charge >= 0.3 is 0 Å². The highest BCUT2D eigenvalue weighted by Gasteiger charge is 2.24. The zero-order valence-electron chi connectivity index (χ0n) is 10.4. The molecule has 0 bridgehead atoms. The van der Waals surface area contributed by atoms with E-state index in [1.807, 2.05) is 0 Å². The minimum atomic E-state index is 0.0445. The van der Waals surface area contributed by atoms with Crippen LogP contribution in [0.25, 0.3) is 11.4 Å². The zero-order chi connectivity index (χ0) is 12.7. The number of fused-ring (bicyclic) bond motifs is 1. The molecular weight excluding hydrogens is 290 g/mol. The van der Waals surface area contributed by atoms with Gasteiger partial charge in [0.15, 0.2) is 0 Å². The number of hydrogen-bond acceptors (Lipinski definition) is 2. The van der Waals surface area contributed by atoms with Crippen LogP contribution in [0, 0.1) is 6.92 Å². The summed E-state index contributed by atoms with van der Waals surface area (Å²) >= 11 is 3.56. The lowest BCUT2D eigenvalue weighted by atomic mass is 10.1. The van der Waals surface area contributed by atoms with Gasteiger partial charge in [0.05, 0.1) is 11.9 Å². The van der Waals surface area contributed by atoms with Gasteiger partial charge in [-0.15, -0.1) is 0 Å². The highest BCUT2D eigenvalue weighted by molar-refractivity contribution is 9.10. The lowest BCUT2D eigenvalue weighted by Gasteiger charge is -2.24. The van der Waals surface area contributed by atoms with Crippen LogP contribution in [0.4, 0.5) is 0 Å². The van der Waals surface area contributed by atoms with Crippen molar-refractivity contribution in [3.8, 4) is 11.4 Å². The molecule has 2 heterocycles. The molecule has 0 amide bonds. The molecule has 1 aromatic carbocycles. The lowest BCUT2D eigenvalue weighted by molar-refractivity contribution is 0.417. The fourth-order valence-corrected chi connectivity index (χ4v) is 3.17. The summed E-state index contributed by atoms with van der Waals surface area (Å²) in [5.41, 5.74) is 9.84. The Hall–Kier alpha value is -1.13. The molecule has 0 spiro atoms. The van der Waals surface area contributed by atoms with Crippen LogP contribution in [-0.2, 0) is 6.42 Å². The SMILES string of the molecule is Cc1cccc(-c2nc(Br)c3n2C(N)CCC3)c1. The monoisotopic (exact) mass is 305 g/mol. The summed E-state index contributed by atoms with van der Waals surface area (Å²) < 4.78 is 3.12. The fraction of sp³-hybridized carbons (Fsp3) is 0.357. The average Bonchev–Trinajstić information content (AvgIpc) is 2.69. The van der Waals surface area contributed by atoms with E-state index < -0.39 is 0 Å². The molecule has 4 heteroatoms. The van der Waals surface area contributed by atoms with Crippen molar-refractivity contribution in [2.45, 2.75) is 32.4 Å². The number of imidazole rings is 1. The van der Waals surface area contributed by atoms with Crippen molar-refractivity contribution in [2.75, 3.05) is 0 Å². The van der Waals surface area contributed by atoms with Crippen LogP contribution in [0.3, 0.4) is 0 Å². The van der Waals surface area contributed by atoms with Crippen LogP contribution in [0.15, 0.2) is 28.9 Å². The van der Waals surface area contributed by atoms with E-state index in [4.69, 9.17) is 5.73 Å².